The van der Waals surface area contributed by atoms with Gasteiger partial charge in [-0.25, -0.2) is 4.79 Å². The van der Waals surface area contributed by atoms with Gasteiger partial charge in [0.1, 0.15) is 0 Å². The predicted octanol–water partition coefficient (Wildman–Crippen LogP) is 3.46. The summed E-state index contributed by atoms with van der Waals surface area (Å²) in [6.45, 7) is 5.44. The van der Waals surface area contributed by atoms with Gasteiger partial charge in [-0.1, -0.05) is 48.9 Å². The van der Waals surface area contributed by atoms with Crippen molar-refractivity contribution in [1.82, 2.24) is 10.2 Å². The number of nitrogens with one attached hydrogen (secondary N) is 1. The lowest BCUT2D eigenvalue weighted by molar-refractivity contribution is -0.139. The van der Waals surface area contributed by atoms with Crippen LogP contribution >= 0.6 is 0 Å². The van der Waals surface area contributed by atoms with E-state index in [-0.39, 0.29) is 5.91 Å². The molecule has 4 rings (SSSR count). The zero-order chi connectivity index (χ0) is 20.3. The van der Waals surface area contributed by atoms with E-state index in [0.29, 0.717) is 18.5 Å². The van der Waals surface area contributed by atoms with Crippen LogP contribution in [0.15, 0.2) is 48.5 Å². The molecule has 0 saturated carbocycles. The number of carbonyl (C=O) groups is 2. The van der Waals surface area contributed by atoms with Crippen LogP contribution < -0.4 is 5.32 Å². The second-order valence-corrected chi connectivity index (χ2v) is 8.29. The molecule has 0 bridgehead atoms. The van der Waals surface area contributed by atoms with Crippen molar-refractivity contribution in [3.05, 3.63) is 70.8 Å². The molecule has 2 heterocycles. The SMILES string of the molecule is CC1(C(=O)NCc2ccc(CN3CCCCC3)cc2)Cc2ccccc2C(=O)O1. The Morgan fingerprint density at radius 1 is 1.03 bits per heavy atom. The molecule has 1 fully saturated rings. The van der Waals surface area contributed by atoms with Crippen molar-refractivity contribution < 1.29 is 14.3 Å². The minimum atomic E-state index is -1.18. The molecule has 1 unspecified atom stereocenters. The fourth-order valence-corrected chi connectivity index (χ4v) is 4.17. The predicted molar refractivity (Wildman–Crippen MR) is 111 cm³/mol. The van der Waals surface area contributed by atoms with Crippen LogP contribution in [0.5, 0.6) is 0 Å². The maximum atomic E-state index is 12.8. The number of hydrogen-bond donors (Lipinski definition) is 1. The van der Waals surface area contributed by atoms with Crippen molar-refractivity contribution in [1.29, 1.82) is 0 Å². The molecule has 2 aliphatic heterocycles. The van der Waals surface area contributed by atoms with E-state index >= 15 is 0 Å². The highest BCUT2D eigenvalue weighted by Gasteiger charge is 2.42. The maximum absolute atomic E-state index is 12.8. The first-order valence-electron chi connectivity index (χ1n) is 10.4. The van der Waals surface area contributed by atoms with Crippen molar-refractivity contribution in [2.24, 2.45) is 0 Å². The third-order valence-electron chi connectivity index (χ3n) is 5.89. The van der Waals surface area contributed by atoms with Crippen LogP contribution in [0.25, 0.3) is 0 Å². The maximum Gasteiger partial charge on any atom is 0.339 e. The fraction of sp³-hybridized carbons (Fsp3) is 0.417. The molecule has 0 radical (unpaired) electrons. The number of fused-ring (bicyclic) bond motifs is 1. The van der Waals surface area contributed by atoms with Crippen LogP contribution in [-0.4, -0.2) is 35.5 Å². The number of nitrogens with zero attached hydrogens (tertiary/aromatic N) is 1. The number of likely N-dealkylation sites (tertiary alicyclic amines) is 1. The Bertz CT molecular complexity index is 887. The van der Waals surface area contributed by atoms with E-state index in [1.165, 1.54) is 37.9 Å². The molecule has 2 aromatic carbocycles. The number of hydrogen-bond acceptors (Lipinski definition) is 4. The van der Waals surface area contributed by atoms with Crippen molar-refractivity contribution in [3.8, 4) is 0 Å². The standard InChI is InChI=1S/C24H28N2O3/c1-24(15-20-7-3-4-8-21(20)22(27)29-24)23(28)25-16-18-9-11-19(12-10-18)17-26-13-5-2-6-14-26/h3-4,7-12H,2,5-6,13-17H2,1H3,(H,25,28). The molecule has 1 N–H and O–H groups in total. The number of rotatable bonds is 5. The summed E-state index contributed by atoms with van der Waals surface area (Å²) in [7, 11) is 0. The lowest BCUT2D eigenvalue weighted by atomic mass is 9.89. The highest BCUT2D eigenvalue weighted by Crippen LogP contribution is 2.28. The van der Waals surface area contributed by atoms with Gasteiger partial charge in [-0.2, -0.15) is 0 Å². The zero-order valence-corrected chi connectivity index (χ0v) is 16.9. The second kappa shape index (κ2) is 8.37. The molecule has 2 aliphatic rings. The van der Waals surface area contributed by atoms with E-state index in [1.807, 2.05) is 12.1 Å². The molecule has 1 amide bonds. The minimum absolute atomic E-state index is 0.266. The Labute approximate surface area is 172 Å². The van der Waals surface area contributed by atoms with E-state index in [1.54, 1.807) is 19.1 Å². The van der Waals surface area contributed by atoms with Crippen LogP contribution in [0, 0.1) is 0 Å². The molecule has 1 saturated heterocycles. The van der Waals surface area contributed by atoms with Gasteiger partial charge in [0.2, 0.25) is 0 Å². The van der Waals surface area contributed by atoms with E-state index in [9.17, 15) is 9.59 Å². The summed E-state index contributed by atoms with van der Waals surface area (Å²) < 4.78 is 5.50. The number of esters is 1. The molecule has 0 spiro atoms. The van der Waals surface area contributed by atoms with E-state index in [0.717, 1.165) is 17.7 Å². The van der Waals surface area contributed by atoms with Crippen LogP contribution in [-0.2, 0) is 29.0 Å². The molecule has 29 heavy (non-hydrogen) atoms. The van der Waals surface area contributed by atoms with Gasteiger partial charge in [0.05, 0.1) is 5.56 Å². The Kier molecular flexibility index (Phi) is 5.67. The van der Waals surface area contributed by atoms with Crippen LogP contribution in [0.2, 0.25) is 0 Å². The smallest absolute Gasteiger partial charge is 0.339 e. The lowest BCUT2D eigenvalue weighted by Gasteiger charge is -2.33. The van der Waals surface area contributed by atoms with Crippen LogP contribution in [0.4, 0.5) is 0 Å². The summed E-state index contributed by atoms with van der Waals surface area (Å²) in [6.07, 6.45) is 4.31. The normalized spacial score (nSPS) is 21.9. The van der Waals surface area contributed by atoms with Crippen LogP contribution in [0.1, 0.15) is 53.2 Å². The second-order valence-electron chi connectivity index (χ2n) is 8.29. The van der Waals surface area contributed by atoms with Crippen molar-refractivity contribution in [3.63, 3.8) is 0 Å². The first kappa shape index (κ1) is 19.6. The molecular formula is C24H28N2O3. The van der Waals surface area contributed by atoms with Crippen molar-refractivity contribution in [2.45, 2.75) is 51.3 Å². The van der Waals surface area contributed by atoms with Gasteiger partial charge in [-0.3, -0.25) is 9.69 Å². The summed E-state index contributed by atoms with van der Waals surface area (Å²) in [6, 6.07) is 15.7. The molecule has 5 nitrogen and oxygen atoms in total. The molecular weight excluding hydrogens is 364 g/mol. The van der Waals surface area contributed by atoms with Crippen molar-refractivity contribution in [2.75, 3.05) is 13.1 Å². The molecule has 5 heteroatoms. The van der Waals surface area contributed by atoms with Gasteiger partial charge in [0, 0.05) is 19.5 Å². The number of cyclic esters (lactones) is 1. The van der Waals surface area contributed by atoms with Gasteiger partial charge in [-0.05, 0) is 55.6 Å². The van der Waals surface area contributed by atoms with Crippen molar-refractivity contribution >= 4 is 11.9 Å². The Morgan fingerprint density at radius 3 is 2.48 bits per heavy atom. The highest BCUT2D eigenvalue weighted by molar-refractivity contribution is 5.97. The molecule has 152 valence electrons. The third kappa shape index (κ3) is 4.51. The molecule has 0 aromatic heterocycles. The third-order valence-corrected chi connectivity index (χ3v) is 5.89. The molecule has 1 atom stereocenters. The summed E-state index contributed by atoms with van der Waals surface area (Å²) in [5.41, 5.74) is 2.55. The minimum Gasteiger partial charge on any atom is -0.445 e. The van der Waals surface area contributed by atoms with Gasteiger partial charge >= 0.3 is 5.97 Å². The lowest BCUT2D eigenvalue weighted by Crippen LogP contribution is -2.51. The van der Waals surface area contributed by atoms with E-state index < -0.39 is 11.6 Å². The number of carbonyl (C=O) groups excluding carboxylic acids is 2. The number of ether oxygens (including phenoxy) is 1. The van der Waals surface area contributed by atoms with Gasteiger partial charge in [0.15, 0.2) is 5.60 Å². The Morgan fingerprint density at radius 2 is 1.72 bits per heavy atom. The zero-order valence-electron chi connectivity index (χ0n) is 16.9. The Balaban J connectivity index is 1.34. The fourth-order valence-electron chi connectivity index (χ4n) is 4.17. The molecule has 0 aliphatic carbocycles. The summed E-state index contributed by atoms with van der Waals surface area (Å²) in [5, 5.41) is 2.93. The van der Waals surface area contributed by atoms with Gasteiger partial charge in [-0.15, -0.1) is 0 Å². The average Bonchev–Trinajstić information content (AvgIpc) is 2.73. The first-order valence-corrected chi connectivity index (χ1v) is 10.4. The Hall–Kier alpha value is -2.66. The van der Waals surface area contributed by atoms with Gasteiger partial charge < -0.3 is 10.1 Å². The summed E-state index contributed by atoms with van der Waals surface area (Å²) in [5.74, 6) is -0.704. The first-order chi connectivity index (χ1) is 14.0. The van der Waals surface area contributed by atoms with Crippen LogP contribution in [0.3, 0.4) is 0 Å². The topological polar surface area (TPSA) is 58.6 Å². The molecule has 2 aromatic rings. The number of piperidine rings is 1. The monoisotopic (exact) mass is 392 g/mol. The average molecular weight is 392 g/mol. The quantitative estimate of drug-likeness (QED) is 0.792. The summed E-state index contributed by atoms with van der Waals surface area (Å²) >= 11 is 0. The largest absolute Gasteiger partial charge is 0.445 e. The van der Waals surface area contributed by atoms with E-state index in [2.05, 4.69) is 34.5 Å². The number of benzene rings is 2. The highest BCUT2D eigenvalue weighted by atomic mass is 16.6. The van der Waals surface area contributed by atoms with E-state index in [4.69, 9.17) is 4.74 Å². The summed E-state index contributed by atoms with van der Waals surface area (Å²) in [4.78, 5) is 27.6. The van der Waals surface area contributed by atoms with Gasteiger partial charge in [0.25, 0.3) is 5.91 Å². The number of amides is 1.